The smallest absolute Gasteiger partial charge is 0.410 e. The van der Waals surface area contributed by atoms with Crippen LogP contribution in [0.2, 0.25) is 0 Å². The fourth-order valence-corrected chi connectivity index (χ4v) is 2.44. The van der Waals surface area contributed by atoms with Crippen LogP contribution < -0.4 is 10.6 Å². The second-order valence-electron chi connectivity index (χ2n) is 6.61. The van der Waals surface area contributed by atoms with Crippen LogP contribution in [0.15, 0.2) is 18.2 Å². The maximum Gasteiger partial charge on any atom is 0.410 e. The molecule has 1 heterocycles. The average Bonchev–Trinajstić information content (AvgIpc) is 2.45. The van der Waals surface area contributed by atoms with Gasteiger partial charge >= 0.3 is 6.09 Å². The van der Waals surface area contributed by atoms with Gasteiger partial charge in [-0.1, -0.05) is 0 Å². The fourth-order valence-electron chi connectivity index (χ4n) is 2.44. The van der Waals surface area contributed by atoms with Gasteiger partial charge in [0.25, 0.3) is 6.43 Å². The Morgan fingerprint density at radius 1 is 1.17 bits per heavy atom. The molecule has 128 valence electrons. The Balaban J connectivity index is 2.01. The second-order valence-corrected chi connectivity index (χ2v) is 6.61. The molecular formula is C16H23F2N3O2. The zero-order valence-electron chi connectivity index (χ0n) is 13.7. The van der Waals surface area contributed by atoms with E-state index in [1.54, 1.807) is 11.0 Å². The number of nitrogen functional groups attached to an aromatic ring is 1. The van der Waals surface area contributed by atoms with Crippen molar-refractivity contribution >= 4 is 17.5 Å². The summed E-state index contributed by atoms with van der Waals surface area (Å²) in [6.07, 6.45) is -2.90. The average molecular weight is 327 g/mol. The molecule has 1 aromatic carbocycles. The number of hydrogen-bond donors (Lipinski definition) is 1. The number of anilines is 2. The van der Waals surface area contributed by atoms with Gasteiger partial charge in [0.15, 0.2) is 0 Å². The lowest BCUT2D eigenvalue weighted by Gasteiger charge is -2.37. The number of carbonyl (C=O) groups is 1. The van der Waals surface area contributed by atoms with Crippen molar-refractivity contribution in [1.82, 2.24) is 4.90 Å². The Morgan fingerprint density at radius 2 is 1.78 bits per heavy atom. The summed E-state index contributed by atoms with van der Waals surface area (Å²) in [4.78, 5) is 15.6. The summed E-state index contributed by atoms with van der Waals surface area (Å²) in [5, 5.41) is 0. The van der Waals surface area contributed by atoms with Crippen LogP contribution in [0.5, 0.6) is 0 Å². The number of halogens is 2. The Kier molecular flexibility index (Phi) is 4.97. The highest BCUT2D eigenvalue weighted by molar-refractivity contribution is 5.69. The van der Waals surface area contributed by atoms with E-state index >= 15 is 0 Å². The van der Waals surface area contributed by atoms with Gasteiger partial charge in [-0.2, -0.15) is 0 Å². The van der Waals surface area contributed by atoms with Gasteiger partial charge in [-0.15, -0.1) is 0 Å². The first-order valence-electron chi connectivity index (χ1n) is 7.57. The molecule has 23 heavy (non-hydrogen) atoms. The van der Waals surface area contributed by atoms with Crippen molar-refractivity contribution < 1.29 is 18.3 Å². The predicted octanol–water partition coefficient (Wildman–Crippen LogP) is 3.26. The highest BCUT2D eigenvalue weighted by atomic mass is 19.3. The van der Waals surface area contributed by atoms with Gasteiger partial charge in [0.1, 0.15) is 5.60 Å². The molecule has 0 aromatic heterocycles. The monoisotopic (exact) mass is 327 g/mol. The summed E-state index contributed by atoms with van der Waals surface area (Å²) < 4.78 is 31.1. The highest BCUT2D eigenvalue weighted by Gasteiger charge is 2.26. The number of nitrogens with zero attached hydrogens (tertiary/aromatic N) is 2. The molecule has 1 aliphatic rings. The highest BCUT2D eigenvalue weighted by Crippen LogP contribution is 2.28. The zero-order valence-corrected chi connectivity index (χ0v) is 13.7. The lowest BCUT2D eigenvalue weighted by Crippen LogP contribution is -2.50. The summed E-state index contributed by atoms with van der Waals surface area (Å²) in [5.41, 5.74) is 6.05. The number of nitrogens with two attached hydrogens (primary N) is 1. The van der Waals surface area contributed by atoms with Crippen LogP contribution in [-0.4, -0.2) is 42.8 Å². The van der Waals surface area contributed by atoms with Gasteiger partial charge in [-0.05, 0) is 39.0 Å². The quantitative estimate of drug-likeness (QED) is 0.847. The SMILES string of the molecule is CC(C)(C)OC(=O)N1CCN(c2cc(N)cc(C(F)F)c2)CC1. The van der Waals surface area contributed by atoms with Crippen molar-refractivity contribution in [2.45, 2.75) is 32.8 Å². The minimum absolute atomic E-state index is 0.0884. The van der Waals surface area contributed by atoms with Crippen molar-refractivity contribution in [3.63, 3.8) is 0 Å². The van der Waals surface area contributed by atoms with Crippen LogP contribution in [-0.2, 0) is 4.74 Å². The second kappa shape index (κ2) is 6.60. The van der Waals surface area contributed by atoms with Crippen LogP contribution >= 0.6 is 0 Å². The first kappa shape index (κ1) is 17.3. The summed E-state index contributed by atoms with van der Waals surface area (Å²) >= 11 is 0. The van der Waals surface area contributed by atoms with E-state index in [1.807, 2.05) is 25.7 Å². The molecule has 1 aromatic rings. The lowest BCUT2D eigenvalue weighted by molar-refractivity contribution is 0.0240. The molecule has 0 unspecified atom stereocenters. The molecule has 0 spiro atoms. The molecule has 1 aliphatic heterocycles. The number of hydrogen-bond acceptors (Lipinski definition) is 4. The first-order valence-corrected chi connectivity index (χ1v) is 7.57. The Labute approximate surface area is 135 Å². The van der Waals surface area contributed by atoms with Crippen LogP contribution in [0.4, 0.5) is 25.0 Å². The van der Waals surface area contributed by atoms with E-state index in [2.05, 4.69) is 0 Å². The molecule has 2 rings (SSSR count). The van der Waals surface area contributed by atoms with Gasteiger partial charge in [0.2, 0.25) is 0 Å². The molecular weight excluding hydrogens is 304 g/mol. The van der Waals surface area contributed by atoms with Crippen molar-refractivity contribution in [1.29, 1.82) is 0 Å². The van der Waals surface area contributed by atoms with Gasteiger partial charge < -0.3 is 20.3 Å². The minimum Gasteiger partial charge on any atom is -0.444 e. The lowest BCUT2D eigenvalue weighted by atomic mass is 10.1. The Hall–Kier alpha value is -2.05. The van der Waals surface area contributed by atoms with E-state index in [9.17, 15) is 13.6 Å². The number of amides is 1. The van der Waals surface area contributed by atoms with E-state index in [1.165, 1.54) is 12.1 Å². The van der Waals surface area contributed by atoms with E-state index in [0.29, 0.717) is 37.6 Å². The normalized spacial score (nSPS) is 15.9. The maximum atomic E-state index is 12.9. The summed E-state index contributed by atoms with van der Waals surface area (Å²) in [5.74, 6) is 0. The van der Waals surface area contributed by atoms with E-state index < -0.39 is 12.0 Å². The van der Waals surface area contributed by atoms with Crippen LogP contribution in [0, 0.1) is 0 Å². The number of ether oxygens (including phenoxy) is 1. The molecule has 0 radical (unpaired) electrons. The molecule has 1 saturated heterocycles. The van der Waals surface area contributed by atoms with E-state index in [-0.39, 0.29) is 11.7 Å². The topological polar surface area (TPSA) is 58.8 Å². The summed E-state index contributed by atoms with van der Waals surface area (Å²) in [6, 6.07) is 4.41. The summed E-state index contributed by atoms with van der Waals surface area (Å²) in [7, 11) is 0. The molecule has 7 heteroatoms. The fraction of sp³-hybridized carbons (Fsp3) is 0.562. The Morgan fingerprint density at radius 3 is 2.30 bits per heavy atom. The standard InChI is InChI=1S/C16H23F2N3O2/c1-16(2,3)23-15(22)21-6-4-20(5-7-21)13-9-11(14(17)18)8-12(19)10-13/h8-10,14H,4-7,19H2,1-3H3. The molecule has 1 amide bonds. The van der Waals surface area contributed by atoms with Crippen LogP contribution in [0.3, 0.4) is 0 Å². The molecule has 0 bridgehead atoms. The summed E-state index contributed by atoms with van der Waals surface area (Å²) in [6.45, 7) is 7.51. The number of benzene rings is 1. The number of piperazine rings is 1. The van der Waals surface area contributed by atoms with Crippen LogP contribution in [0.1, 0.15) is 32.8 Å². The van der Waals surface area contributed by atoms with Crippen molar-refractivity contribution in [2.24, 2.45) is 0 Å². The maximum absolute atomic E-state index is 12.9. The van der Waals surface area contributed by atoms with E-state index in [4.69, 9.17) is 10.5 Å². The third kappa shape index (κ3) is 4.71. The van der Waals surface area contributed by atoms with Gasteiger partial charge in [-0.25, -0.2) is 13.6 Å². The van der Waals surface area contributed by atoms with Crippen molar-refractivity contribution in [3.8, 4) is 0 Å². The molecule has 1 fully saturated rings. The van der Waals surface area contributed by atoms with Gasteiger partial charge in [0, 0.05) is 43.1 Å². The number of alkyl halides is 2. The van der Waals surface area contributed by atoms with Crippen molar-refractivity contribution in [2.75, 3.05) is 36.8 Å². The third-order valence-corrected chi connectivity index (χ3v) is 3.51. The Bertz CT molecular complexity index is 565. The molecule has 0 atom stereocenters. The minimum atomic E-state index is -2.56. The molecule has 5 nitrogen and oxygen atoms in total. The number of rotatable bonds is 2. The molecule has 2 N–H and O–H groups in total. The predicted molar refractivity (Wildman–Crippen MR) is 85.8 cm³/mol. The first-order chi connectivity index (χ1) is 10.7. The third-order valence-electron chi connectivity index (χ3n) is 3.51. The molecule has 0 saturated carbocycles. The van der Waals surface area contributed by atoms with Gasteiger partial charge in [-0.3, -0.25) is 0 Å². The number of carbonyl (C=O) groups excluding carboxylic acids is 1. The molecule has 0 aliphatic carbocycles. The van der Waals surface area contributed by atoms with Crippen molar-refractivity contribution in [3.05, 3.63) is 23.8 Å². The van der Waals surface area contributed by atoms with Gasteiger partial charge in [0.05, 0.1) is 0 Å². The largest absolute Gasteiger partial charge is 0.444 e. The van der Waals surface area contributed by atoms with Crippen LogP contribution in [0.25, 0.3) is 0 Å². The zero-order chi connectivity index (χ0) is 17.2. The van der Waals surface area contributed by atoms with E-state index in [0.717, 1.165) is 0 Å².